The van der Waals surface area contributed by atoms with E-state index in [0.29, 0.717) is 13.1 Å². The van der Waals surface area contributed by atoms with Gasteiger partial charge < -0.3 is 20.5 Å². The van der Waals surface area contributed by atoms with E-state index in [2.05, 4.69) is 35.0 Å². The molecule has 1 unspecified atom stereocenters. The summed E-state index contributed by atoms with van der Waals surface area (Å²) in [5, 5.41) is 7.13. The first kappa shape index (κ1) is 17.7. The highest BCUT2D eigenvalue weighted by atomic mass is 32.1. The first-order chi connectivity index (χ1) is 12.2. The van der Waals surface area contributed by atoms with Gasteiger partial charge in [0.15, 0.2) is 0 Å². The van der Waals surface area contributed by atoms with Crippen LogP contribution < -0.4 is 20.5 Å². The van der Waals surface area contributed by atoms with Gasteiger partial charge in [0, 0.05) is 35.5 Å². The molecule has 0 saturated heterocycles. The zero-order valence-corrected chi connectivity index (χ0v) is 15.4. The Kier molecular flexibility index (Phi) is 5.91. The molecule has 4 nitrogen and oxygen atoms in total. The number of nitrogens with two attached hydrogens (primary N) is 1. The number of hydrogen-bond acceptors (Lipinski definition) is 5. The maximum absolute atomic E-state index is 6.00. The standard InChI is InChI=1S/C20H24N2O2S/c1-23-17-8-7-14(19(10-17)24-2)12-22-16(11-21)9-15-13-25-20-6-4-3-5-18(15)20/h3-8,10,13,16,22H,9,11-12,21H2,1-2H3. The molecule has 0 aliphatic rings. The summed E-state index contributed by atoms with van der Waals surface area (Å²) < 4.78 is 12.0. The smallest absolute Gasteiger partial charge is 0.127 e. The van der Waals surface area contributed by atoms with E-state index in [0.717, 1.165) is 23.5 Å². The van der Waals surface area contributed by atoms with Crippen LogP contribution in [0.3, 0.4) is 0 Å². The SMILES string of the molecule is COc1ccc(CNC(CN)Cc2csc3ccccc23)c(OC)c1. The van der Waals surface area contributed by atoms with Gasteiger partial charge in [-0.2, -0.15) is 0 Å². The minimum atomic E-state index is 0.213. The highest BCUT2D eigenvalue weighted by Crippen LogP contribution is 2.27. The summed E-state index contributed by atoms with van der Waals surface area (Å²) in [5.74, 6) is 1.62. The van der Waals surface area contributed by atoms with Crippen molar-refractivity contribution >= 4 is 21.4 Å². The van der Waals surface area contributed by atoms with Crippen LogP contribution in [0.4, 0.5) is 0 Å². The monoisotopic (exact) mass is 356 g/mol. The molecule has 3 N–H and O–H groups in total. The largest absolute Gasteiger partial charge is 0.497 e. The van der Waals surface area contributed by atoms with E-state index in [4.69, 9.17) is 15.2 Å². The lowest BCUT2D eigenvalue weighted by Gasteiger charge is -2.18. The van der Waals surface area contributed by atoms with Gasteiger partial charge in [-0.15, -0.1) is 11.3 Å². The molecule has 0 amide bonds. The quantitative estimate of drug-likeness (QED) is 0.648. The van der Waals surface area contributed by atoms with Crippen molar-refractivity contribution in [1.29, 1.82) is 0 Å². The van der Waals surface area contributed by atoms with E-state index in [1.807, 2.05) is 18.2 Å². The van der Waals surface area contributed by atoms with Crippen LogP contribution in [-0.4, -0.2) is 26.8 Å². The zero-order chi connectivity index (χ0) is 17.6. The second-order valence-electron chi connectivity index (χ2n) is 5.95. The Labute approximate surface area is 152 Å². The van der Waals surface area contributed by atoms with Crippen molar-refractivity contribution in [3.05, 3.63) is 59.0 Å². The molecule has 0 saturated carbocycles. The van der Waals surface area contributed by atoms with E-state index < -0.39 is 0 Å². The summed E-state index contributed by atoms with van der Waals surface area (Å²) in [7, 11) is 3.33. The second kappa shape index (κ2) is 8.34. The van der Waals surface area contributed by atoms with Gasteiger partial charge in [-0.1, -0.05) is 24.3 Å². The third-order valence-electron chi connectivity index (χ3n) is 4.39. The minimum Gasteiger partial charge on any atom is -0.497 e. The van der Waals surface area contributed by atoms with Gasteiger partial charge in [-0.05, 0) is 34.9 Å². The van der Waals surface area contributed by atoms with Gasteiger partial charge in [0.1, 0.15) is 11.5 Å². The minimum absolute atomic E-state index is 0.213. The molecule has 0 aliphatic heterocycles. The maximum atomic E-state index is 6.00. The van der Waals surface area contributed by atoms with E-state index >= 15 is 0 Å². The maximum Gasteiger partial charge on any atom is 0.127 e. The lowest BCUT2D eigenvalue weighted by atomic mass is 10.0. The van der Waals surface area contributed by atoms with Crippen molar-refractivity contribution in [2.75, 3.05) is 20.8 Å². The molecule has 1 heterocycles. The lowest BCUT2D eigenvalue weighted by molar-refractivity contribution is 0.388. The summed E-state index contributed by atoms with van der Waals surface area (Å²) in [6.07, 6.45) is 0.916. The Balaban J connectivity index is 1.69. The molecule has 0 bridgehead atoms. The topological polar surface area (TPSA) is 56.5 Å². The average molecular weight is 356 g/mol. The van der Waals surface area contributed by atoms with Crippen LogP contribution >= 0.6 is 11.3 Å². The predicted molar refractivity (Wildman–Crippen MR) is 105 cm³/mol. The van der Waals surface area contributed by atoms with Crippen LogP contribution in [-0.2, 0) is 13.0 Å². The molecular weight excluding hydrogens is 332 g/mol. The number of fused-ring (bicyclic) bond motifs is 1. The zero-order valence-electron chi connectivity index (χ0n) is 14.6. The van der Waals surface area contributed by atoms with Crippen molar-refractivity contribution in [2.24, 2.45) is 5.73 Å². The molecule has 0 aliphatic carbocycles. The molecule has 1 atom stereocenters. The Morgan fingerprint density at radius 2 is 1.92 bits per heavy atom. The van der Waals surface area contributed by atoms with Crippen LogP contribution in [0.25, 0.3) is 10.1 Å². The summed E-state index contributed by atoms with van der Waals surface area (Å²) in [6.45, 7) is 1.29. The lowest BCUT2D eigenvalue weighted by Crippen LogP contribution is -2.37. The van der Waals surface area contributed by atoms with E-state index in [1.54, 1.807) is 25.6 Å². The van der Waals surface area contributed by atoms with Gasteiger partial charge in [-0.3, -0.25) is 0 Å². The number of rotatable bonds is 8. The number of hydrogen-bond donors (Lipinski definition) is 2. The van der Waals surface area contributed by atoms with Crippen molar-refractivity contribution in [3.8, 4) is 11.5 Å². The van der Waals surface area contributed by atoms with Crippen molar-refractivity contribution in [2.45, 2.75) is 19.0 Å². The van der Waals surface area contributed by atoms with Crippen LogP contribution in [0, 0.1) is 0 Å². The van der Waals surface area contributed by atoms with E-state index in [1.165, 1.54) is 15.6 Å². The molecular formula is C20H24N2O2S. The number of thiophene rings is 1. The number of benzene rings is 2. The first-order valence-electron chi connectivity index (χ1n) is 8.34. The van der Waals surface area contributed by atoms with Crippen LogP contribution in [0.1, 0.15) is 11.1 Å². The molecule has 0 fully saturated rings. The molecule has 1 aromatic heterocycles. The van der Waals surface area contributed by atoms with Crippen LogP contribution in [0.5, 0.6) is 11.5 Å². The van der Waals surface area contributed by atoms with Gasteiger partial charge in [0.05, 0.1) is 14.2 Å². The summed E-state index contributed by atoms with van der Waals surface area (Å²) in [4.78, 5) is 0. The Bertz CT molecular complexity index is 831. The third-order valence-corrected chi connectivity index (χ3v) is 5.40. The molecule has 2 aromatic carbocycles. The third kappa shape index (κ3) is 4.12. The van der Waals surface area contributed by atoms with Crippen molar-refractivity contribution in [3.63, 3.8) is 0 Å². The van der Waals surface area contributed by atoms with Gasteiger partial charge in [0.25, 0.3) is 0 Å². The molecule has 0 radical (unpaired) electrons. The van der Waals surface area contributed by atoms with Gasteiger partial charge in [-0.25, -0.2) is 0 Å². The highest BCUT2D eigenvalue weighted by molar-refractivity contribution is 7.17. The molecule has 0 spiro atoms. The van der Waals surface area contributed by atoms with Crippen LogP contribution in [0.2, 0.25) is 0 Å². The fourth-order valence-corrected chi connectivity index (χ4v) is 3.92. The molecule has 5 heteroatoms. The summed E-state index contributed by atoms with van der Waals surface area (Å²) in [5.41, 5.74) is 8.45. The van der Waals surface area contributed by atoms with Crippen molar-refractivity contribution < 1.29 is 9.47 Å². The summed E-state index contributed by atoms with van der Waals surface area (Å²) >= 11 is 1.79. The fourth-order valence-electron chi connectivity index (χ4n) is 2.95. The van der Waals surface area contributed by atoms with E-state index in [-0.39, 0.29) is 6.04 Å². The average Bonchev–Trinajstić information content (AvgIpc) is 3.07. The van der Waals surface area contributed by atoms with Gasteiger partial charge >= 0.3 is 0 Å². The number of nitrogens with one attached hydrogen (secondary N) is 1. The molecule has 25 heavy (non-hydrogen) atoms. The molecule has 3 rings (SSSR count). The molecule has 132 valence electrons. The highest BCUT2D eigenvalue weighted by Gasteiger charge is 2.12. The summed E-state index contributed by atoms with van der Waals surface area (Å²) in [6, 6.07) is 14.6. The normalized spacial score (nSPS) is 12.3. The Hall–Kier alpha value is -2.08. The Morgan fingerprint density at radius 3 is 2.68 bits per heavy atom. The first-order valence-corrected chi connectivity index (χ1v) is 9.22. The number of methoxy groups -OCH3 is 2. The van der Waals surface area contributed by atoms with Crippen molar-refractivity contribution in [1.82, 2.24) is 5.32 Å². The Morgan fingerprint density at radius 1 is 1.08 bits per heavy atom. The number of ether oxygens (including phenoxy) is 2. The van der Waals surface area contributed by atoms with E-state index in [9.17, 15) is 0 Å². The van der Waals surface area contributed by atoms with Gasteiger partial charge in [0.2, 0.25) is 0 Å². The second-order valence-corrected chi connectivity index (χ2v) is 6.86. The molecule has 3 aromatic rings. The fraction of sp³-hybridized carbons (Fsp3) is 0.300. The van der Waals surface area contributed by atoms with Crippen LogP contribution in [0.15, 0.2) is 47.8 Å². The predicted octanol–water partition coefficient (Wildman–Crippen LogP) is 3.58.